The molecule has 1 heterocycles. The number of hydrogen-bond donors (Lipinski definition) is 0. The van der Waals surface area contributed by atoms with Crippen molar-refractivity contribution < 1.29 is 26.3 Å². The summed E-state index contributed by atoms with van der Waals surface area (Å²) in [6.07, 6.45) is 0. The van der Waals surface area contributed by atoms with E-state index in [0.717, 1.165) is 5.76 Å². The summed E-state index contributed by atoms with van der Waals surface area (Å²) in [7, 11) is 0. The van der Waals surface area contributed by atoms with E-state index in [0.29, 0.717) is 16.7 Å². The van der Waals surface area contributed by atoms with Crippen LogP contribution in [0.3, 0.4) is 0 Å². The monoisotopic (exact) mass is 359 g/mol. The zero-order chi connectivity index (χ0) is 8.43. The summed E-state index contributed by atoms with van der Waals surface area (Å²) in [6.45, 7) is 3.63. The van der Waals surface area contributed by atoms with Gasteiger partial charge in [-0.05, 0) is 19.9 Å². The minimum atomic E-state index is 0. The van der Waals surface area contributed by atoms with Crippen molar-refractivity contribution in [2.45, 2.75) is 13.8 Å². The first kappa shape index (κ1) is 15.9. The minimum absolute atomic E-state index is 0. The number of Topliss-reactive ketones (excluding diaryl/α,β-unsaturated/α-hetero) is 1. The first-order chi connectivity index (χ1) is 5.15. The summed E-state index contributed by atoms with van der Waals surface area (Å²) in [5, 5.41) is 0.354. The topological polar surface area (TPSA) is 30.2 Å². The maximum absolute atomic E-state index is 11.1. The van der Waals surface area contributed by atoms with Gasteiger partial charge in [-0.25, -0.2) is 0 Å². The van der Waals surface area contributed by atoms with Crippen LogP contribution in [0.1, 0.15) is 21.9 Å². The number of carbonyl (C=O) groups is 1. The van der Waals surface area contributed by atoms with Crippen LogP contribution in [-0.4, -0.2) is 11.1 Å². The third-order valence-electron chi connectivity index (χ3n) is 1.46. The van der Waals surface area contributed by atoms with Crippen LogP contribution < -0.4 is 0 Å². The SMILES string of the molecule is Br.Cc1cc(C(=O)CBr)c(C)o1.[Cu]. The van der Waals surface area contributed by atoms with Crippen LogP contribution in [0.2, 0.25) is 0 Å². The van der Waals surface area contributed by atoms with Gasteiger partial charge in [0.05, 0.1) is 10.9 Å². The largest absolute Gasteiger partial charge is 0.466 e. The van der Waals surface area contributed by atoms with Gasteiger partial charge in [0.2, 0.25) is 0 Å². The van der Waals surface area contributed by atoms with E-state index in [1.54, 1.807) is 13.0 Å². The molecule has 0 saturated heterocycles. The quantitative estimate of drug-likeness (QED) is 0.460. The van der Waals surface area contributed by atoms with Crippen molar-refractivity contribution >= 4 is 38.7 Å². The van der Waals surface area contributed by atoms with E-state index < -0.39 is 0 Å². The molecule has 13 heavy (non-hydrogen) atoms. The van der Waals surface area contributed by atoms with Gasteiger partial charge in [0.25, 0.3) is 0 Å². The molecule has 1 radical (unpaired) electrons. The minimum Gasteiger partial charge on any atom is -0.466 e. The van der Waals surface area contributed by atoms with Gasteiger partial charge in [-0.2, -0.15) is 0 Å². The molecular formula is C8H10Br2CuO2. The molecular weight excluding hydrogens is 351 g/mol. The van der Waals surface area contributed by atoms with Gasteiger partial charge in [-0.1, -0.05) is 15.9 Å². The molecule has 2 nitrogen and oxygen atoms in total. The van der Waals surface area contributed by atoms with Crippen molar-refractivity contribution in [1.82, 2.24) is 0 Å². The second-order valence-corrected chi connectivity index (χ2v) is 2.94. The molecule has 0 aliphatic carbocycles. The Balaban J connectivity index is 0. The standard InChI is InChI=1S/C8H9BrO2.BrH.Cu/c1-5-3-7(6(2)11-5)8(10)4-9;;/h3H,4H2,1-2H3;1H;. The second-order valence-electron chi connectivity index (χ2n) is 2.38. The van der Waals surface area contributed by atoms with Crippen molar-refractivity contribution in [3.8, 4) is 0 Å². The van der Waals surface area contributed by atoms with Gasteiger partial charge in [-0.15, -0.1) is 17.0 Å². The Morgan fingerprint density at radius 3 is 2.38 bits per heavy atom. The van der Waals surface area contributed by atoms with Crippen molar-refractivity contribution in [3.05, 3.63) is 23.2 Å². The van der Waals surface area contributed by atoms with Gasteiger partial charge >= 0.3 is 0 Å². The van der Waals surface area contributed by atoms with E-state index in [2.05, 4.69) is 15.9 Å². The van der Waals surface area contributed by atoms with Crippen molar-refractivity contribution in [2.24, 2.45) is 0 Å². The fourth-order valence-corrected chi connectivity index (χ4v) is 1.28. The first-order valence-electron chi connectivity index (χ1n) is 3.31. The van der Waals surface area contributed by atoms with E-state index in [-0.39, 0.29) is 39.8 Å². The zero-order valence-electron chi connectivity index (χ0n) is 7.19. The fraction of sp³-hybridized carbons (Fsp3) is 0.375. The Kier molecular flexibility index (Phi) is 8.33. The average molecular weight is 362 g/mol. The number of alkyl halides is 1. The number of furan rings is 1. The number of hydrogen-bond acceptors (Lipinski definition) is 2. The van der Waals surface area contributed by atoms with Crippen molar-refractivity contribution in [1.29, 1.82) is 0 Å². The molecule has 0 bridgehead atoms. The van der Waals surface area contributed by atoms with Crippen LogP contribution in [0.25, 0.3) is 0 Å². The van der Waals surface area contributed by atoms with Crippen LogP contribution >= 0.6 is 32.9 Å². The summed E-state index contributed by atoms with van der Waals surface area (Å²) >= 11 is 3.10. The molecule has 5 heteroatoms. The Labute approximate surface area is 107 Å². The maximum atomic E-state index is 11.1. The van der Waals surface area contributed by atoms with Crippen molar-refractivity contribution in [2.75, 3.05) is 5.33 Å². The first-order valence-corrected chi connectivity index (χ1v) is 4.43. The third-order valence-corrected chi connectivity index (χ3v) is 1.97. The van der Waals surface area contributed by atoms with Gasteiger partial charge in [0.15, 0.2) is 5.78 Å². The zero-order valence-corrected chi connectivity index (χ0v) is 11.4. The van der Waals surface area contributed by atoms with E-state index >= 15 is 0 Å². The van der Waals surface area contributed by atoms with Crippen LogP contribution in [0.4, 0.5) is 0 Å². The van der Waals surface area contributed by atoms with Gasteiger partial charge in [0, 0.05) is 17.1 Å². The smallest absolute Gasteiger partial charge is 0.176 e. The summed E-state index contributed by atoms with van der Waals surface area (Å²) in [5.74, 6) is 1.55. The molecule has 0 aliphatic heterocycles. The number of aryl methyl sites for hydroxylation is 2. The van der Waals surface area contributed by atoms with Crippen LogP contribution in [0.5, 0.6) is 0 Å². The average Bonchev–Trinajstić information content (AvgIpc) is 2.28. The molecule has 0 aromatic carbocycles. The van der Waals surface area contributed by atoms with E-state index in [4.69, 9.17) is 4.42 Å². The summed E-state index contributed by atoms with van der Waals surface area (Å²) in [5.41, 5.74) is 0.680. The Bertz CT molecular complexity index is 284. The molecule has 0 atom stereocenters. The number of ketones is 1. The normalized spacial score (nSPS) is 8.54. The molecule has 1 aromatic heterocycles. The molecule has 0 aliphatic rings. The third kappa shape index (κ3) is 3.98. The summed E-state index contributed by atoms with van der Waals surface area (Å²) in [4.78, 5) is 11.1. The van der Waals surface area contributed by atoms with Gasteiger partial charge in [0.1, 0.15) is 11.5 Å². The molecule has 1 aromatic rings. The molecule has 79 valence electrons. The predicted octanol–water partition coefficient (Wildman–Crippen LogP) is 3.05. The molecule has 0 saturated carbocycles. The number of rotatable bonds is 2. The van der Waals surface area contributed by atoms with E-state index in [1.807, 2.05) is 6.92 Å². The van der Waals surface area contributed by atoms with Crippen LogP contribution in [0, 0.1) is 13.8 Å². The van der Waals surface area contributed by atoms with Crippen molar-refractivity contribution in [3.63, 3.8) is 0 Å². The van der Waals surface area contributed by atoms with Crippen LogP contribution in [0.15, 0.2) is 10.5 Å². The Morgan fingerprint density at radius 1 is 1.54 bits per heavy atom. The number of halogens is 2. The molecule has 0 unspecified atom stereocenters. The van der Waals surface area contributed by atoms with Crippen LogP contribution in [-0.2, 0) is 17.1 Å². The Hall–Kier alpha value is 0.429. The fourth-order valence-electron chi connectivity index (χ4n) is 0.980. The maximum Gasteiger partial charge on any atom is 0.176 e. The van der Waals surface area contributed by atoms with Gasteiger partial charge < -0.3 is 4.42 Å². The molecule has 0 N–H and O–H groups in total. The predicted molar refractivity (Wildman–Crippen MR) is 56.6 cm³/mol. The van der Waals surface area contributed by atoms with E-state index in [9.17, 15) is 4.79 Å². The summed E-state index contributed by atoms with van der Waals surface area (Å²) in [6, 6.07) is 1.76. The summed E-state index contributed by atoms with van der Waals surface area (Å²) < 4.78 is 5.20. The molecule has 0 fully saturated rings. The Morgan fingerprint density at radius 2 is 2.08 bits per heavy atom. The van der Waals surface area contributed by atoms with E-state index in [1.165, 1.54) is 0 Å². The molecule has 1 rings (SSSR count). The van der Waals surface area contributed by atoms with Gasteiger partial charge in [-0.3, -0.25) is 4.79 Å². The molecule has 0 spiro atoms. The number of carbonyl (C=O) groups excluding carboxylic acids is 1. The second kappa shape index (κ2) is 6.82. The molecule has 0 amide bonds.